The topological polar surface area (TPSA) is 81.2 Å². The van der Waals surface area contributed by atoms with Crippen molar-refractivity contribution in [2.75, 3.05) is 5.32 Å². The van der Waals surface area contributed by atoms with Crippen LogP contribution in [0.25, 0.3) is 22.3 Å². The molecule has 32 heavy (non-hydrogen) atoms. The number of para-hydroxylation sites is 1. The number of fused-ring (bicyclic) bond motifs is 1. The second-order valence-corrected chi connectivity index (χ2v) is 7.79. The Labute approximate surface area is 194 Å². The van der Waals surface area contributed by atoms with Crippen molar-refractivity contribution in [1.29, 1.82) is 0 Å². The molecule has 0 aliphatic carbocycles. The summed E-state index contributed by atoms with van der Waals surface area (Å²) in [6, 6.07) is 19.0. The second kappa shape index (κ2) is 9.34. The number of aromatic nitrogens is 2. The highest BCUT2D eigenvalue weighted by molar-refractivity contribution is 6.36. The van der Waals surface area contributed by atoms with E-state index in [1.165, 1.54) is 13.0 Å². The minimum atomic E-state index is -1.07. The zero-order valence-electron chi connectivity index (χ0n) is 16.9. The summed E-state index contributed by atoms with van der Waals surface area (Å²) in [6.07, 6.45) is 0.581. The van der Waals surface area contributed by atoms with E-state index in [2.05, 4.69) is 15.3 Å². The van der Waals surface area contributed by atoms with Crippen LogP contribution in [0.5, 0.6) is 0 Å². The number of halogens is 2. The monoisotopic (exact) mass is 465 g/mol. The van der Waals surface area contributed by atoms with Crippen LogP contribution in [-0.2, 0) is 9.53 Å². The van der Waals surface area contributed by atoms with Crippen LogP contribution in [0.15, 0.2) is 72.9 Å². The highest BCUT2D eigenvalue weighted by atomic mass is 35.5. The summed E-state index contributed by atoms with van der Waals surface area (Å²) in [5.74, 6) is -1.17. The standard InChI is InChI=1S/C24H17Cl2N3O3/c1-14(23(30)29-20-10-9-15(25)12-18(20)26)32-24(31)17-13-22(21-8-4-5-11-27-21)28-19-7-3-2-6-16(17)19/h2-14H,1H3,(H,29,30). The van der Waals surface area contributed by atoms with Crippen LogP contribution in [-0.4, -0.2) is 27.9 Å². The third-order valence-electron chi connectivity index (χ3n) is 4.71. The molecule has 1 unspecified atom stereocenters. The van der Waals surface area contributed by atoms with E-state index in [9.17, 15) is 9.59 Å². The molecule has 0 radical (unpaired) electrons. The molecule has 1 atom stereocenters. The number of rotatable bonds is 5. The van der Waals surface area contributed by atoms with Gasteiger partial charge in [-0.2, -0.15) is 0 Å². The molecular weight excluding hydrogens is 449 g/mol. The van der Waals surface area contributed by atoms with Crippen molar-refractivity contribution in [2.45, 2.75) is 13.0 Å². The molecule has 2 heterocycles. The van der Waals surface area contributed by atoms with Gasteiger partial charge in [-0.15, -0.1) is 0 Å². The fourth-order valence-corrected chi connectivity index (χ4v) is 3.55. The third-order valence-corrected chi connectivity index (χ3v) is 5.25. The molecule has 2 aromatic heterocycles. The molecule has 0 aliphatic rings. The second-order valence-electron chi connectivity index (χ2n) is 6.95. The number of nitrogens with one attached hydrogen (secondary N) is 1. The third kappa shape index (κ3) is 4.72. The highest BCUT2D eigenvalue weighted by Crippen LogP contribution is 2.27. The van der Waals surface area contributed by atoms with Gasteiger partial charge in [-0.3, -0.25) is 9.78 Å². The van der Waals surface area contributed by atoms with Crippen molar-refractivity contribution < 1.29 is 14.3 Å². The van der Waals surface area contributed by atoms with Crippen LogP contribution in [0, 0.1) is 0 Å². The molecule has 0 saturated carbocycles. The number of hydrogen-bond donors (Lipinski definition) is 1. The quantitative estimate of drug-likeness (QED) is 0.377. The first-order valence-corrected chi connectivity index (χ1v) is 10.5. The minimum absolute atomic E-state index is 0.282. The predicted molar refractivity (Wildman–Crippen MR) is 125 cm³/mol. The fraction of sp³-hybridized carbons (Fsp3) is 0.0833. The Bertz CT molecular complexity index is 1310. The average molecular weight is 466 g/mol. The first-order chi connectivity index (χ1) is 15.4. The first-order valence-electron chi connectivity index (χ1n) is 9.70. The van der Waals surface area contributed by atoms with Crippen molar-refractivity contribution in [2.24, 2.45) is 0 Å². The number of esters is 1. The van der Waals surface area contributed by atoms with E-state index >= 15 is 0 Å². The molecular formula is C24H17Cl2N3O3. The molecule has 0 saturated heterocycles. The van der Waals surface area contributed by atoms with Crippen molar-refractivity contribution >= 4 is 51.7 Å². The lowest BCUT2D eigenvalue weighted by molar-refractivity contribution is -0.123. The predicted octanol–water partition coefficient (Wildman–Crippen LogP) is 5.79. The maximum absolute atomic E-state index is 13.0. The Morgan fingerprint density at radius 1 is 0.969 bits per heavy atom. The maximum Gasteiger partial charge on any atom is 0.339 e. The molecule has 0 aliphatic heterocycles. The lowest BCUT2D eigenvalue weighted by atomic mass is 10.1. The Hall–Kier alpha value is -3.48. The average Bonchev–Trinajstić information content (AvgIpc) is 2.80. The van der Waals surface area contributed by atoms with E-state index in [0.717, 1.165) is 0 Å². The molecule has 0 fully saturated rings. The number of nitrogens with zero attached hydrogens (tertiary/aromatic N) is 2. The minimum Gasteiger partial charge on any atom is -0.449 e. The van der Waals surface area contributed by atoms with E-state index in [1.54, 1.807) is 54.7 Å². The van der Waals surface area contributed by atoms with Crippen molar-refractivity contribution in [3.8, 4) is 11.4 Å². The van der Waals surface area contributed by atoms with Gasteiger partial charge in [-0.1, -0.05) is 47.5 Å². The number of benzene rings is 2. The van der Waals surface area contributed by atoms with Crippen molar-refractivity contribution in [3.63, 3.8) is 0 Å². The lowest BCUT2D eigenvalue weighted by Gasteiger charge is -2.15. The van der Waals surface area contributed by atoms with E-state index in [1.807, 2.05) is 12.1 Å². The largest absolute Gasteiger partial charge is 0.449 e. The smallest absolute Gasteiger partial charge is 0.339 e. The maximum atomic E-state index is 13.0. The zero-order valence-corrected chi connectivity index (χ0v) is 18.4. The summed E-state index contributed by atoms with van der Waals surface area (Å²) in [6.45, 7) is 1.49. The van der Waals surface area contributed by atoms with Gasteiger partial charge in [0.2, 0.25) is 0 Å². The summed E-state index contributed by atoms with van der Waals surface area (Å²) >= 11 is 12.0. The summed E-state index contributed by atoms with van der Waals surface area (Å²) in [7, 11) is 0. The molecule has 0 spiro atoms. The van der Waals surface area contributed by atoms with E-state index in [-0.39, 0.29) is 5.02 Å². The van der Waals surface area contributed by atoms with Crippen molar-refractivity contribution in [1.82, 2.24) is 9.97 Å². The molecule has 1 N–H and O–H groups in total. The number of carbonyl (C=O) groups excluding carboxylic acids is 2. The van der Waals surface area contributed by atoms with Gasteiger partial charge in [0.1, 0.15) is 0 Å². The Balaban J connectivity index is 1.59. The molecule has 4 rings (SSSR count). The number of carbonyl (C=O) groups is 2. The first kappa shape index (κ1) is 21.7. The molecule has 1 amide bonds. The highest BCUT2D eigenvalue weighted by Gasteiger charge is 2.22. The van der Waals surface area contributed by atoms with Crippen LogP contribution in [0.4, 0.5) is 5.69 Å². The SMILES string of the molecule is CC(OC(=O)c1cc(-c2ccccn2)nc2ccccc12)C(=O)Nc1ccc(Cl)cc1Cl. The van der Waals surface area contributed by atoms with Gasteiger partial charge in [0.15, 0.2) is 6.10 Å². The lowest BCUT2D eigenvalue weighted by Crippen LogP contribution is -2.30. The van der Waals surface area contributed by atoms with Gasteiger partial charge in [0.25, 0.3) is 5.91 Å². The van der Waals surface area contributed by atoms with Gasteiger partial charge >= 0.3 is 5.97 Å². The molecule has 2 aromatic carbocycles. The van der Waals surface area contributed by atoms with Crippen LogP contribution in [0.3, 0.4) is 0 Å². The summed E-state index contributed by atoms with van der Waals surface area (Å²) < 4.78 is 5.46. The number of amides is 1. The van der Waals surface area contributed by atoms with E-state index in [0.29, 0.717) is 38.6 Å². The molecule has 6 nitrogen and oxygen atoms in total. The van der Waals surface area contributed by atoms with Gasteiger partial charge in [0, 0.05) is 16.6 Å². The summed E-state index contributed by atoms with van der Waals surface area (Å²) in [5, 5.41) is 3.98. The van der Waals surface area contributed by atoms with Crippen LogP contribution >= 0.6 is 23.2 Å². The van der Waals surface area contributed by atoms with E-state index < -0.39 is 18.0 Å². The van der Waals surface area contributed by atoms with Crippen molar-refractivity contribution in [3.05, 3.63) is 88.5 Å². The van der Waals surface area contributed by atoms with E-state index in [4.69, 9.17) is 27.9 Å². The molecule has 4 aromatic rings. The molecule has 160 valence electrons. The number of ether oxygens (including phenoxy) is 1. The zero-order chi connectivity index (χ0) is 22.7. The van der Waals surface area contributed by atoms with Gasteiger partial charge < -0.3 is 10.1 Å². The summed E-state index contributed by atoms with van der Waals surface area (Å²) in [4.78, 5) is 34.5. The van der Waals surface area contributed by atoms with Crippen LogP contribution < -0.4 is 5.32 Å². The van der Waals surface area contributed by atoms with Gasteiger partial charge in [-0.05, 0) is 49.4 Å². The Morgan fingerprint density at radius 2 is 1.75 bits per heavy atom. The van der Waals surface area contributed by atoms with Gasteiger partial charge in [-0.25, -0.2) is 9.78 Å². The number of hydrogen-bond acceptors (Lipinski definition) is 5. The van der Waals surface area contributed by atoms with Crippen LogP contribution in [0.2, 0.25) is 10.0 Å². The van der Waals surface area contributed by atoms with Crippen LogP contribution in [0.1, 0.15) is 17.3 Å². The summed E-state index contributed by atoms with van der Waals surface area (Å²) in [5.41, 5.74) is 2.43. The Morgan fingerprint density at radius 3 is 2.50 bits per heavy atom. The Kier molecular flexibility index (Phi) is 6.35. The fourth-order valence-electron chi connectivity index (χ4n) is 3.09. The number of pyridine rings is 2. The van der Waals surface area contributed by atoms with Gasteiger partial charge in [0.05, 0.1) is 33.2 Å². The normalized spacial score (nSPS) is 11.7. The molecule has 8 heteroatoms. The molecule has 0 bridgehead atoms. The number of anilines is 1.